The van der Waals surface area contributed by atoms with E-state index >= 15 is 0 Å². The zero-order valence-electron chi connectivity index (χ0n) is 13.2. The van der Waals surface area contributed by atoms with Gasteiger partial charge in [-0.15, -0.1) is 0 Å². The minimum atomic E-state index is -4.30. The molecule has 2 aliphatic rings. The number of halogens is 3. The molecule has 0 N–H and O–H groups in total. The molecule has 4 rings (SSSR count). The van der Waals surface area contributed by atoms with E-state index in [1.807, 2.05) is 0 Å². The van der Waals surface area contributed by atoms with Crippen LogP contribution < -0.4 is 0 Å². The normalized spacial score (nSPS) is 17.6. The third kappa shape index (κ3) is 2.79. The zero-order valence-corrected chi connectivity index (χ0v) is 13.2. The summed E-state index contributed by atoms with van der Waals surface area (Å²) in [4.78, 5) is 10.4. The van der Waals surface area contributed by atoms with Crippen LogP contribution in [0.4, 0.5) is 13.2 Å². The van der Waals surface area contributed by atoms with Crippen molar-refractivity contribution in [3.05, 3.63) is 58.2 Å². The van der Waals surface area contributed by atoms with Crippen LogP contribution in [0.25, 0.3) is 0 Å². The number of aryl methyl sites for hydroxylation is 1. The Morgan fingerprint density at radius 2 is 1.96 bits per heavy atom. The summed E-state index contributed by atoms with van der Waals surface area (Å²) in [6, 6.07) is 2.93. The topological polar surface area (TPSA) is 29.0 Å². The number of benzene rings is 1. The lowest BCUT2D eigenvalue weighted by Gasteiger charge is -2.29. The van der Waals surface area contributed by atoms with E-state index in [0.29, 0.717) is 18.7 Å². The molecule has 1 aromatic carbocycles. The van der Waals surface area contributed by atoms with Crippen molar-refractivity contribution in [1.82, 2.24) is 14.9 Å². The summed E-state index contributed by atoms with van der Waals surface area (Å²) in [6.07, 6.45) is 2.34. The first-order chi connectivity index (χ1) is 11.5. The molecule has 0 bridgehead atoms. The van der Waals surface area contributed by atoms with Gasteiger partial charge in [-0.25, -0.2) is 9.97 Å². The Morgan fingerprint density at radius 3 is 2.79 bits per heavy atom. The lowest BCUT2D eigenvalue weighted by Crippen LogP contribution is -2.32. The summed E-state index contributed by atoms with van der Waals surface area (Å²) in [5, 5.41) is 0. The van der Waals surface area contributed by atoms with E-state index in [9.17, 15) is 13.2 Å². The molecule has 0 saturated carbocycles. The molecule has 0 amide bonds. The standard InChI is InChI=1S/C18H18F3N3/c19-18(20,21)16-5-4-12-2-1-3-14(12)15(16)10-24-7-6-17-13(9-24)8-22-11-23-17/h4-5,8,11H,1-3,6-7,9-10H2. The van der Waals surface area contributed by atoms with Crippen molar-refractivity contribution in [3.63, 3.8) is 0 Å². The highest BCUT2D eigenvalue weighted by Gasteiger charge is 2.36. The van der Waals surface area contributed by atoms with Crippen LogP contribution >= 0.6 is 0 Å². The second kappa shape index (κ2) is 5.84. The highest BCUT2D eigenvalue weighted by Crippen LogP contribution is 2.38. The number of nitrogens with zero attached hydrogens (tertiary/aromatic N) is 3. The van der Waals surface area contributed by atoms with E-state index < -0.39 is 11.7 Å². The summed E-state index contributed by atoms with van der Waals surface area (Å²) >= 11 is 0. The monoisotopic (exact) mass is 333 g/mol. The van der Waals surface area contributed by atoms with Gasteiger partial charge in [0, 0.05) is 43.5 Å². The quantitative estimate of drug-likeness (QED) is 0.842. The number of hydrogen-bond donors (Lipinski definition) is 0. The molecule has 1 aliphatic carbocycles. The van der Waals surface area contributed by atoms with Gasteiger partial charge < -0.3 is 0 Å². The summed E-state index contributed by atoms with van der Waals surface area (Å²) in [5.41, 5.74) is 4.02. The Bertz CT molecular complexity index is 771. The Morgan fingerprint density at radius 1 is 1.08 bits per heavy atom. The van der Waals surface area contributed by atoms with E-state index in [1.165, 1.54) is 12.4 Å². The molecule has 2 heterocycles. The third-order valence-electron chi connectivity index (χ3n) is 5.03. The van der Waals surface area contributed by atoms with E-state index in [0.717, 1.165) is 54.6 Å². The van der Waals surface area contributed by atoms with Crippen LogP contribution in [0.3, 0.4) is 0 Å². The molecule has 0 saturated heterocycles. The first-order valence-corrected chi connectivity index (χ1v) is 8.23. The van der Waals surface area contributed by atoms with Crippen molar-refractivity contribution in [1.29, 1.82) is 0 Å². The molecule has 0 fully saturated rings. The molecule has 0 spiro atoms. The van der Waals surface area contributed by atoms with Gasteiger partial charge in [0.05, 0.1) is 5.56 Å². The number of alkyl halides is 3. The van der Waals surface area contributed by atoms with E-state index in [4.69, 9.17) is 0 Å². The van der Waals surface area contributed by atoms with Crippen LogP contribution in [-0.4, -0.2) is 21.4 Å². The molecule has 0 radical (unpaired) electrons. The predicted octanol–water partition coefficient (Wildman–Crippen LogP) is 3.54. The molecule has 6 heteroatoms. The summed E-state index contributed by atoms with van der Waals surface area (Å²) in [7, 11) is 0. The van der Waals surface area contributed by atoms with Crippen molar-refractivity contribution in [2.45, 2.75) is 44.9 Å². The smallest absolute Gasteiger partial charge is 0.294 e. The van der Waals surface area contributed by atoms with E-state index in [1.54, 1.807) is 12.3 Å². The third-order valence-corrected chi connectivity index (χ3v) is 5.03. The molecule has 24 heavy (non-hydrogen) atoms. The number of rotatable bonds is 2. The predicted molar refractivity (Wildman–Crippen MR) is 83.3 cm³/mol. The van der Waals surface area contributed by atoms with E-state index in [2.05, 4.69) is 14.9 Å². The fourth-order valence-electron chi connectivity index (χ4n) is 3.87. The zero-order chi connectivity index (χ0) is 16.7. The van der Waals surface area contributed by atoms with Crippen molar-refractivity contribution in [3.8, 4) is 0 Å². The first-order valence-electron chi connectivity index (χ1n) is 8.23. The lowest BCUT2D eigenvalue weighted by molar-refractivity contribution is -0.138. The molecule has 1 aromatic heterocycles. The molecular weight excluding hydrogens is 315 g/mol. The van der Waals surface area contributed by atoms with Crippen molar-refractivity contribution >= 4 is 0 Å². The Kier molecular flexibility index (Phi) is 3.79. The van der Waals surface area contributed by atoms with Gasteiger partial charge in [0.2, 0.25) is 0 Å². The highest BCUT2D eigenvalue weighted by atomic mass is 19.4. The average molecular weight is 333 g/mol. The average Bonchev–Trinajstić information content (AvgIpc) is 3.03. The maximum absolute atomic E-state index is 13.5. The van der Waals surface area contributed by atoms with Crippen LogP contribution in [0.15, 0.2) is 24.7 Å². The van der Waals surface area contributed by atoms with Gasteiger partial charge in [0.15, 0.2) is 0 Å². The van der Waals surface area contributed by atoms with Gasteiger partial charge in [-0.2, -0.15) is 13.2 Å². The molecule has 126 valence electrons. The minimum Gasteiger partial charge on any atom is -0.294 e. The molecule has 0 atom stereocenters. The minimum absolute atomic E-state index is 0.340. The fourth-order valence-corrected chi connectivity index (χ4v) is 3.87. The maximum atomic E-state index is 13.5. The Labute approximate surface area is 138 Å². The van der Waals surface area contributed by atoms with Crippen LogP contribution in [0.1, 0.15) is 39.9 Å². The lowest BCUT2D eigenvalue weighted by atomic mass is 9.95. The van der Waals surface area contributed by atoms with Crippen LogP contribution in [-0.2, 0) is 38.5 Å². The van der Waals surface area contributed by atoms with Gasteiger partial charge >= 0.3 is 6.18 Å². The second-order valence-electron chi connectivity index (χ2n) is 6.54. The molecule has 3 nitrogen and oxygen atoms in total. The first kappa shape index (κ1) is 15.6. The van der Waals surface area contributed by atoms with Gasteiger partial charge in [0.25, 0.3) is 0 Å². The van der Waals surface area contributed by atoms with Crippen LogP contribution in [0, 0.1) is 0 Å². The number of aromatic nitrogens is 2. The van der Waals surface area contributed by atoms with Crippen molar-refractivity contribution in [2.75, 3.05) is 6.54 Å². The largest absolute Gasteiger partial charge is 0.416 e. The van der Waals surface area contributed by atoms with Crippen LogP contribution in [0.5, 0.6) is 0 Å². The van der Waals surface area contributed by atoms with Gasteiger partial charge in [-0.3, -0.25) is 4.90 Å². The molecular formula is C18H18F3N3. The fraction of sp³-hybridized carbons (Fsp3) is 0.444. The van der Waals surface area contributed by atoms with Gasteiger partial charge in [-0.05, 0) is 42.0 Å². The van der Waals surface area contributed by atoms with Crippen molar-refractivity contribution < 1.29 is 13.2 Å². The number of hydrogen-bond acceptors (Lipinski definition) is 3. The van der Waals surface area contributed by atoms with E-state index in [-0.39, 0.29) is 0 Å². The summed E-state index contributed by atoms with van der Waals surface area (Å²) in [6.45, 7) is 1.68. The van der Waals surface area contributed by atoms with Crippen molar-refractivity contribution in [2.24, 2.45) is 0 Å². The van der Waals surface area contributed by atoms with Crippen LogP contribution in [0.2, 0.25) is 0 Å². The second-order valence-corrected chi connectivity index (χ2v) is 6.54. The molecule has 1 aliphatic heterocycles. The molecule has 2 aromatic rings. The summed E-state index contributed by atoms with van der Waals surface area (Å²) in [5.74, 6) is 0. The SMILES string of the molecule is FC(F)(F)c1ccc2c(c1CN1CCc3ncncc3C1)CCC2. The number of fused-ring (bicyclic) bond motifs is 2. The Balaban J connectivity index is 1.66. The summed E-state index contributed by atoms with van der Waals surface area (Å²) < 4.78 is 40.4. The van der Waals surface area contributed by atoms with Gasteiger partial charge in [-0.1, -0.05) is 6.07 Å². The Hall–Kier alpha value is -1.95. The molecule has 0 unspecified atom stereocenters. The highest BCUT2D eigenvalue weighted by molar-refractivity contribution is 5.45. The van der Waals surface area contributed by atoms with Gasteiger partial charge in [0.1, 0.15) is 6.33 Å². The maximum Gasteiger partial charge on any atom is 0.416 e.